The van der Waals surface area contributed by atoms with Crippen LogP contribution in [-0.4, -0.2) is 54.5 Å². The molecule has 1 atom stereocenters. The Morgan fingerprint density at radius 3 is 2.70 bits per heavy atom. The van der Waals surface area contributed by atoms with Crippen molar-refractivity contribution in [3.05, 3.63) is 29.8 Å². The highest BCUT2D eigenvalue weighted by Crippen LogP contribution is 2.45. The molecule has 0 bridgehead atoms. The highest BCUT2D eigenvalue weighted by molar-refractivity contribution is 6.15. The molecular formula is C19H23N3O5. The lowest BCUT2D eigenvalue weighted by Crippen LogP contribution is -2.68. The number of unbranched alkanes of at least 4 members (excludes halogenated alkanes) is 1. The number of ether oxygens (including phenoxy) is 1. The van der Waals surface area contributed by atoms with E-state index in [1.165, 1.54) is 16.8 Å². The Kier molecular flexibility index (Phi) is 5.16. The van der Waals surface area contributed by atoms with Crippen molar-refractivity contribution in [2.24, 2.45) is 0 Å². The van der Waals surface area contributed by atoms with E-state index >= 15 is 0 Å². The number of hydrogen-bond donors (Lipinski definition) is 1. The number of benzene rings is 1. The Labute approximate surface area is 157 Å². The summed E-state index contributed by atoms with van der Waals surface area (Å²) in [5, 5.41) is 2.38. The van der Waals surface area contributed by atoms with Gasteiger partial charge in [0.15, 0.2) is 6.61 Å². The maximum absolute atomic E-state index is 13.2. The van der Waals surface area contributed by atoms with Crippen LogP contribution in [0.1, 0.15) is 43.0 Å². The number of para-hydroxylation sites is 1. The molecule has 0 spiro atoms. The summed E-state index contributed by atoms with van der Waals surface area (Å²) in [7, 11) is 1.44. The van der Waals surface area contributed by atoms with Crippen LogP contribution in [0, 0.1) is 0 Å². The second-order valence-corrected chi connectivity index (χ2v) is 6.62. The molecule has 1 N–H and O–H groups in total. The summed E-state index contributed by atoms with van der Waals surface area (Å²) >= 11 is 0. The average molecular weight is 373 g/mol. The molecular weight excluding hydrogens is 350 g/mol. The molecule has 2 aliphatic heterocycles. The van der Waals surface area contributed by atoms with Gasteiger partial charge in [-0.05, 0) is 18.6 Å². The minimum atomic E-state index is -1.54. The van der Waals surface area contributed by atoms with Crippen LogP contribution in [-0.2, 0) is 19.1 Å². The zero-order valence-electron chi connectivity index (χ0n) is 15.5. The highest BCUT2D eigenvalue weighted by Gasteiger charge is 2.61. The zero-order valence-corrected chi connectivity index (χ0v) is 15.5. The summed E-state index contributed by atoms with van der Waals surface area (Å²) in [6.07, 6.45) is 1.77. The SMILES string of the molecule is CCCCN1C(=O)c2ccccc2N2C(=O)CC[C@@]12C(=O)OCC(=O)NC. The van der Waals surface area contributed by atoms with E-state index in [9.17, 15) is 19.2 Å². The van der Waals surface area contributed by atoms with E-state index in [0.29, 0.717) is 24.2 Å². The standard InChI is InChI=1S/C19H23N3O5/c1-3-4-11-21-17(25)13-7-5-6-8-14(13)22-16(24)9-10-19(21,22)18(26)27-12-15(23)20-2/h5-8H,3-4,9-12H2,1-2H3,(H,20,23)/t19-/m1/s1. The van der Waals surface area contributed by atoms with Crippen LogP contribution >= 0.6 is 0 Å². The van der Waals surface area contributed by atoms with Crippen molar-refractivity contribution in [2.75, 3.05) is 25.1 Å². The largest absolute Gasteiger partial charge is 0.452 e. The van der Waals surface area contributed by atoms with Gasteiger partial charge in [-0.2, -0.15) is 0 Å². The van der Waals surface area contributed by atoms with E-state index in [1.54, 1.807) is 24.3 Å². The molecule has 3 amide bonds. The fraction of sp³-hybridized carbons (Fsp3) is 0.474. The van der Waals surface area contributed by atoms with Crippen LogP contribution in [0.5, 0.6) is 0 Å². The monoisotopic (exact) mass is 373 g/mol. The van der Waals surface area contributed by atoms with E-state index in [0.717, 1.165) is 6.42 Å². The van der Waals surface area contributed by atoms with Gasteiger partial charge in [-0.3, -0.25) is 19.3 Å². The summed E-state index contributed by atoms with van der Waals surface area (Å²) in [5.74, 6) is -1.76. The van der Waals surface area contributed by atoms with E-state index in [1.807, 2.05) is 6.92 Å². The first-order chi connectivity index (χ1) is 13.0. The summed E-state index contributed by atoms with van der Waals surface area (Å²) in [6, 6.07) is 6.77. The summed E-state index contributed by atoms with van der Waals surface area (Å²) in [6.45, 7) is 1.84. The second-order valence-electron chi connectivity index (χ2n) is 6.62. The predicted molar refractivity (Wildman–Crippen MR) is 96.9 cm³/mol. The number of anilines is 1. The number of fused-ring (bicyclic) bond motifs is 3. The lowest BCUT2D eigenvalue weighted by molar-refractivity contribution is -0.160. The van der Waals surface area contributed by atoms with Gasteiger partial charge >= 0.3 is 5.97 Å². The van der Waals surface area contributed by atoms with Crippen molar-refractivity contribution in [3.8, 4) is 0 Å². The third-order valence-electron chi connectivity index (χ3n) is 5.05. The molecule has 1 aromatic rings. The average Bonchev–Trinajstić information content (AvgIpc) is 3.04. The lowest BCUT2D eigenvalue weighted by Gasteiger charge is -2.48. The third-order valence-corrected chi connectivity index (χ3v) is 5.05. The summed E-state index contributed by atoms with van der Waals surface area (Å²) < 4.78 is 5.22. The molecule has 27 heavy (non-hydrogen) atoms. The molecule has 1 saturated heterocycles. The van der Waals surface area contributed by atoms with Gasteiger partial charge in [0.05, 0.1) is 11.3 Å². The Hall–Kier alpha value is -2.90. The maximum atomic E-state index is 13.2. The Balaban J connectivity index is 2.08. The molecule has 3 rings (SSSR count). The van der Waals surface area contributed by atoms with E-state index in [-0.39, 0.29) is 24.7 Å². The van der Waals surface area contributed by atoms with E-state index < -0.39 is 24.1 Å². The second kappa shape index (κ2) is 7.38. The minimum absolute atomic E-state index is 0.124. The first-order valence-electron chi connectivity index (χ1n) is 9.09. The fourth-order valence-electron chi connectivity index (χ4n) is 3.69. The predicted octanol–water partition coefficient (Wildman–Crippen LogP) is 1.05. The van der Waals surface area contributed by atoms with E-state index in [2.05, 4.69) is 5.32 Å². The van der Waals surface area contributed by atoms with Crippen LogP contribution in [0.2, 0.25) is 0 Å². The maximum Gasteiger partial charge on any atom is 0.354 e. The molecule has 8 nitrogen and oxygen atoms in total. The molecule has 1 fully saturated rings. The number of likely N-dealkylation sites (N-methyl/N-ethyl adjacent to an activating group) is 1. The van der Waals surface area contributed by atoms with Gasteiger partial charge < -0.3 is 15.0 Å². The topological polar surface area (TPSA) is 96.0 Å². The van der Waals surface area contributed by atoms with Gasteiger partial charge in [0.2, 0.25) is 11.6 Å². The summed E-state index contributed by atoms with van der Waals surface area (Å²) in [5.41, 5.74) is -0.737. The number of nitrogens with zero attached hydrogens (tertiary/aromatic N) is 2. The molecule has 0 aliphatic carbocycles. The number of rotatable bonds is 6. The number of carbonyl (C=O) groups is 4. The molecule has 1 aromatic carbocycles. The number of nitrogens with one attached hydrogen (secondary N) is 1. The van der Waals surface area contributed by atoms with Gasteiger partial charge in [0, 0.05) is 26.4 Å². The molecule has 144 valence electrons. The third kappa shape index (κ3) is 2.94. The van der Waals surface area contributed by atoms with Crippen molar-refractivity contribution >= 4 is 29.4 Å². The minimum Gasteiger partial charge on any atom is -0.452 e. The van der Waals surface area contributed by atoms with Crippen LogP contribution in [0.4, 0.5) is 5.69 Å². The normalized spacial score (nSPS) is 21.0. The molecule has 8 heteroatoms. The van der Waals surface area contributed by atoms with Crippen molar-refractivity contribution < 1.29 is 23.9 Å². The number of esters is 1. The number of carbonyl (C=O) groups excluding carboxylic acids is 4. The molecule has 0 unspecified atom stereocenters. The Morgan fingerprint density at radius 1 is 1.26 bits per heavy atom. The van der Waals surface area contributed by atoms with Crippen molar-refractivity contribution in [1.29, 1.82) is 0 Å². The van der Waals surface area contributed by atoms with Crippen LogP contribution < -0.4 is 10.2 Å². The van der Waals surface area contributed by atoms with Gasteiger partial charge in [-0.25, -0.2) is 4.79 Å². The fourth-order valence-corrected chi connectivity index (χ4v) is 3.69. The zero-order chi connectivity index (χ0) is 19.6. The Morgan fingerprint density at radius 2 is 2.00 bits per heavy atom. The van der Waals surface area contributed by atoms with Crippen molar-refractivity contribution in [2.45, 2.75) is 38.3 Å². The molecule has 2 heterocycles. The number of amides is 3. The van der Waals surface area contributed by atoms with Crippen LogP contribution in [0.15, 0.2) is 24.3 Å². The molecule has 0 aromatic heterocycles. The van der Waals surface area contributed by atoms with Gasteiger partial charge in [0.1, 0.15) is 0 Å². The molecule has 2 aliphatic rings. The van der Waals surface area contributed by atoms with Crippen molar-refractivity contribution in [1.82, 2.24) is 10.2 Å². The number of hydrogen-bond acceptors (Lipinski definition) is 5. The molecule has 0 saturated carbocycles. The molecule has 0 radical (unpaired) electrons. The first kappa shape index (κ1) is 18.9. The van der Waals surface area contributed by atoms with Gasteiger partial charge in [-0.1, -0.05) is 25.5 Å². The Bertz CT molecular complexity index is 793. The lowest BCUT2D eigenvalue weighted by atomic mass is 9.96. The summed E-state index contributed by atoms with van der Waals surface area (Å²) in [4.78, 5) is 53.3. The van der Waals surface area contributed by atoms with E-state index in [4.69, 9.17) is 4.74 Å². The highest BCUT2D eigenvalue weighted by atomic mass is 16.5. The first-order valence-corrected chi connectivity index (χ1v) is 9.09. The van der Waals surface area contributed by atoms with Gasteiger partial charge in [-0.15, -0.1) is 0 Å². The van der Waals surface area contributed by atoms with Gasteiger partial charge in [0.25, 0.3) is 11.8 Å². The smallest absolute Gasteiger partial charge is 0.354 e. The van der Waals surface area contributed by atoms with Crippen LogP contribution in [0.3, 0.4) is 0 Å². The van der Waals surface area contributed by atoms with Crippen molar-refractivity contribution in [3.63, 3.8) is 0 Å². The quantitative estimate of drug-likeness (QED) is 0.752. The van der Waals surface area contributed by atoms with Crippen LogP contribution in [0.25, 0.3) is 0 Å².